The molecule has 4 aromatic rings. The molecule has 11 heteroatoms. The van der Waals surface area contributed by atoms with Crippen molar-refractivity contribution in [1.29, 1.82) is 0 Å². The fraction of sp³-hybridized carbons (Fsp3) is 0.148. The topological polar surface area (TPSA) is 76.0 Å². The number of hydrogen-bond acceptors (Lipinski definition) is 3. The van der Waals surface area contributed by atoms with Gasteiger partial charge in [-0.05, 0) is 73.2 Å². The lowest BCUT2D eigenvalue weighted by molar-refractivity contribution is -0.141. The van der Waals surface area contributed by atoms with E-state index in [0.29, 0.717) is 27.5 Å². The molecule has 0 spiro atoms. The Balaban J connectivity index is 1.44. The van der Waals surface area contributed by atoms with Gasteiger partial charge in [-0.1, -0.05) is 29.8 Å². The summed E-state index contributed by atoms with van der Waals surface area (Å²) in [5.41, 5.74) is 0.701. The lowest BCUT2D eigenvalue weighted by Crippen LogP contribution is -2.28. The SMILES string of the molecule is CC(C(=O)NCc1cc(C(F)(F)F)nn1-c1cccc(Cl)c1)c1ccc(C(=O)Nc2ccc(F)cc2)cc1. The zero-order valence-electron chi connectivity index (χ0n) is 19.9. The summed E-state index contributed by atoms with van der Waals surface area (Å²) >= 11 is 5.99. The van der Waals surface area contributed by atoms with Crippen molar-refractivity contribution in [3.8, 4) is 5.69 Å². The lowest BCUT2D eigenvalue weighted by Gasteiger charge is -2.14. The first-order chi connectivity index (χ1) is 18.0. The average molecular weight is 545 g/mol. The van der Waals surface area contributed by atoms with E-state index in [4.69, 9.17) is 11.6 Å². The first kappa shape index (κ1) is 26.9. The highest BCUT2D eigenvalue weighted by Crippen LogP contribution is 2.30. The highest BCUT2D eigenvalue weighted by Gasteiger charge is 2.35. The monoisotopic (exact) mass is 544 g/mol. The average Bonchev–Trinajstić information content (AvgIpc) is 3.33. The number of rotatable bonds is 7. The van der Waals surface area contributed by atoms with Crippen molar-refractivity contribution in [2.24, 2.45) is 0 Å². The maximum absolute atomic E-state index is 13.3. The minimum absolute atomic E-state index is 0.118. The molecule has 0 aliphatic carbocycles. The van der Waals surface area contributed by atoms with Crippen molar-refractivity contribution in [3.05, 3.63) is 112 Å². The van der Waals surface area contributed by atoms with E-state index < -0.39 is 35.4 Å². The summed E-state index contributed by atoms with van der Waals surface area (Å²) in [5.74, 6) is -1.92. The zero-order chi connectivity index (χ0) is 27.4. The van der Waals surface area contributed by atoms with Crippen molar-refractivity contribution in [3.63, 3.8) is 0 Å². The van der Waals surface area contributed by atoms with Crippen LogP contribution in [0.3, 0.4) is 0 Å². The smallest absolute Gasteiger partial charge is 0.350 e. The Morgan fingerprint density at radius 3 is 2.32 bits per heavy atom. The summed E-state index contributed by atoms with van der Waals surface area (Å²) in [6, 6.07) is 18.7. The molecular weight excluding hydrogens is 524 g/mol. The van der Waals surface area contributed by atoms with Crippen molar-refractivity contribution in [2.45, 2.75) is 25.6 Å². The van der Waals surface area contributed by atoms with Crippen LogP contribution in [0.2, 0.25) is 5.02 Å². The third-order valence-corrected chi connectivity index (χ3v) is 5.97. The largest absolute Gasteiger partial charge is 0.435 e. The zero-order valence-corrected chi connectivity index (χ0v) is 20.6. The Hall–Kier alpha value is -4.18. The summed E-state index contributed by atoms with van der Waals surface area (Å²) in [4.78, 5) is 25.3. The number of carbonyl (C=O) groups excluding carboxylic acids is 2. The van der Waals surface area contributed by atoms with Gasteiger partial charge in [0.05, 0.1) is 23.8 Å². The Morgan fingerprint density at radius 2 is 1.68 bits per heavy atom. The summed E-state index contributed by atoms with van der Waals surface area (Å²) in [6.07, 6.45) is -4.67. The molecule has 0 fully saturated rings. The van der Waals surface area contributed by atoms with Gasteiger partial charge < -0.3 is 10.6 Å². The Morgan fingerprint density at radius 1 is 1.00 bits per heavy atom. The molecule has 2 N–H and O–H groups in total. The molecule has 196 valence electrons. The van der Waals surface area contributed by atoms with E-state index in [2.05, 4.69) is 15.7 Å². The number of hydrogen-bond donors (Lipinski definition) is 2. The van der Waals surface area contributed by atoms with Gasteiger partial charge in [0.15, 0.2) is 5.69 Å². The van der Waals surface area contributed by atoms with Crippen molar-refractivity contribution in [2.75, 3.05) is 5.32 Å². The lowest BCUT2D eigenvalue weighted by atomic mass is 9.98. The van der Waals surface area contributed by atoms with Crippen molar-refractivity contribution in [1.82, 2.24) is 15.1 Å². The predicted molar refractivity (Wildman–Crippen MR) is 135 cm³/mol. The van der Waals surface area contributed by atoms with E-state index in [1.54, 1.807) is 49.4 Å². The molecule has 0 aliphatic heterocycles. The maximum Gasteiger partial charge on any atom is 0.435 e. The molecule has 38 heavy (non-hydrogen) atoms. The first-order valence-electron chi connectivity index (χ1n) is 11.4. The fourth-order valence-corrected chi connectivity index (χ4v) is 3.84. The highest BCUT2D eigenvalue weighted by molar-refractivity contribution is 6.30. The molecule has 0 aliphatic rings. The van der Waals surface area contributed by atoms with E-state index in [9.17, 15) is 27.2 Å². The van der Waals surface area contributed by atoms with Crippen LogP contribution in [0.5, 0.6) is 0 Å². The number of halogens is 5. The third kappa shape index (κ3) is 6.38. The quantitative estimate of drug-likeness (QED) is 0.266. The van der Waals surface area contributed by atoms with Gasteiger partial charge in [0.2, 0.25) is 5.91 Å². The second kappa shape index (κ2) is 11.1. The minimum Gasteiger partial charge on any atom is -0.350 e. The van der Waals surface area contributed by atoms with Crippen LogP contribution in [-0.2, 0) is 17.5 Å². The highest BCUT2D eigenvalue weighted by atomic mass is 35.5. The van der Waals surface area contributed by atoms with Crippen molar-refractivity contribution >= 4 is 29.1 Å². The summed E-state index contributed by atoms with van der Waals surface area (Å²) < 4.78 is 54.1. The van der Waals surface area contributed by atoms with Gasteiger partial charge in [0, 0.05) is 16.3 Å². The van der Waals surface area contributed by atoms with Crippen LogP contribution in [0.1, 0.15) is 40.2 Å². The number of amides is 2. The van der Waals surface area contributed by atoms with E-state index in [1.807, 2.05) is 0 Å². The fourth-order valence-electron chi connectivity index (χ4n) is 3.66. The van der Waals surface area contributed by atoms with Crippen LogP contribution < -0.4 is 10.6 Å². The molecular formula is C27H21ClF4N4O2. The summed E-state index contributed by atoms with van der Waals surface area (Å²) in [5, 5.41) is 9.28. The van der Waals surface area contributed by atoms with Gasteiger partial charge >= 0.3 is 6.18 Å². The second-order valence-corrected chi connectivity index (χ2v) is 8.87. The molecule has 6 nitrogen and oxygen atoms in total. The molecule has 1 heterocycles. The molecule has 0 radical (unpaired) electrons. The number of nitrogens with zero attached hydrogens (tertiary/aromatic N) is 2. The van der Waals surface area contributed by atoms with Crippen LogP contribution in [0.4, 0.5) is 23.2 Å². The van der Waals surface area contributed by atoms with Gasteiger partial charge in [-0.2, -0.15) is 18.3 Å². The van der Waals surface area contributed by atoms with Crippen LogP contribution in [0.25, 0.3) is 5.69 Å². The van der Waals surface area contributed by atoms with E-state index in [0.717, 1.165) is 10.7 Å². The molecule has 0 saturated heterocycles. The number of anilines is 1. The number of alkyl halides is 3. The normalized spacial score (nSPS) is 12.2. The summed E-state index contributed by atoms with van der Waals surface area (Å²) in [6.45, 7) is 1.43. The van der Waals surface area contributed by atoms with E-state index in [1.165, 1.54) is 30.3 Å². The number of benzene rings is 3. The molecule has 1 atom stereocenters. The van der Waals surface area contributed by atoms with Gasteiger partial charge in [-0.3, -0.25) is 9.59 Å². The van der Waals surface area contributed by atoms with Gasteiger partial charge in [0.1, 0.15) is 5.82 Å². The Labute approximate surface area is 220 Å². The molecule has 4 rings (SSSR count). The van der Waals surface area contributed by atoms with Crippen molar-refractivity contribution < 1.29 is 27.2 Å². The predicted octanol–water partition coefficient (Wildman–Crippen LogP) is 6.36. The molecule has 1 aromatic heterocycles. The summed E-state index contributed by atoms with van der Waals surface area (Å²) in [7, 11) is 0. The van der Waals surface area contributed by atoms with Crippen LogP contribution in [0.15, 0.2) is 78.9 Å². The second-order valence-electron chi connectivity index (χ2n) is 8.43. The van der Waals surface area contributed by atoms with Gasteiger partial charge in [-0.25, -0.2) is 9.07 Å². The van der Waals surface area contributed by atoms with Crippen LogP contribution in [0, 0.1) is 5.82 Å². The van der Waals surface area contributed by atoms with E-state index >= 15 is 0 Å². The number of nitrogens with one attached hydrogen (secondary N) is 2. The molecule has 1 unspecified atom stereocenters. The third-order valence-electron chi connectivity index (χ3n) is 5.74. The molecule has 0 bridgehead atoms. The molecule has 2 amide bonds. The first-order valence-corrected chi connectivity index (χ1v) is 11.8. The van der Waals surface area contributed by atoms with Gasteiger partial charge in [0.25, 0.3) is 5.91 Å². The Kier molecular flexibility index (Phi) is 7.82. The number of carbonyl (C=O) groups is 2. The minimum atomic E-state index is -4.67. The molecule has 0 saturated carbocycles. The maximum atomic E-state index is 13.3. The van der Waals surface area contributed by atoms with Gasteiger partial charge in [-0.15, -0.1) is 0 Å². The van der Waals surface area contributed by atoms with Crippen LogP contribution in [-0.4, -0.2) is 21.6 Å². The number of aromatic nitrogens is 2. The Bertz CT molecular complexity index is 1450. The molecule has 3 aromatic carbocycles. The van der Waals surface area contributed by atoms with Crippen LogP contribution >= 0.6 is 11.6 Å². The standard InChI is InChI=1S/C27H21ClF4N4O2/c1-16(17-5-7-18(8-6-17)26(38)34-21-11-9-20(29)10-12-21)25(37)33-15-23-14-24(27(30,31)32)35-36(23)22-4-2-3-19(28)13-22/h2-14,16H,15H2,1H3,(H,33,37)(H,34,38). The van der Waals surface area contributed by atoms with E-state index in [-0.39, 0.29) is 12.2 Å².